The lowest BCUT2D eigenvalue weighted by atomic mass is 9.90. The van der Waals surface area contributed by atoms with Crippen LogP contribution < -0.4 is 5.32 Å². The second kappa shape index (κ2) is 7.65. The molecule has 0 saturated heterocycles. The van der Waals surface area contributed by atoms with E-state index in [1.165, 1.54) is 0 Å². The number of nitrogens with one attached hydrogen (secondary N) is 1. The van der Waals surface area contributed by atoms with E-state index < -0.39 is 5.60 Å². The van der Waals surface area contributed by atoms with Crippen molar-refractivity contribution in [3.8, 4) is 0 Å². The highest BCUT2D eigenvalue weighted by Gasteiger charge is 2.27. The summed E-state index contributed by atoms with van der Waals surface area (Å²) in [5, 5.41) is 2.92. The Hall–Kier alpha value is -1.52. The van der Waals surface area contributed by atoms with Crippen LogP contribution in [0.4, 0.5) is 4.79 Å². The third-order valence-corrected chi connectivity index (χ3v) is 3.73. The number of rotatable bonds is 3. The maximum atomic E-state index is 12.0. The number of amides is 2. The number of alkyl carbamates (subject to hydrolysis) is 1. The molecule has 0 heterocycles. The SMILES string of the molecule is CC(C)=CC(=O)N(C)C1CCC(NC(=O)OC(C)(C)C)CC1. The van der Waals surface area contributed by atoms with Gasteiger partial charge in [-0.2, -0.15) is 0 Å². The first-order valence-electron chi connectivity index (χ1n) is 7.99. The Morgan fingerprint density at radius 2 is 1.68 bits per heavy atom. The van der Waals surface area contributed by atoms with Crippen LogP contribution in [-0.4, -0.2) is 41.6 Å². The average molecular weight is 310 g/mol. The Labute approximate surface area is 134 Å². The molecule has 0 unspecified atom stereocenters. The summed E-state index contributed by atoms with van der Waals surface area (Å²) in [7, 11) is 1.86. The van der Waals surface area contributed by atoms with Crippen molar-refractivity contribution in [1.29, 1.82) is 0 Å². The summed E-state index contributed by atoms with van der Waals surface area (Å²) < 4.78 is 5.27. The van der Waals surface area contributed by atoms with Gasteiger partial charge in [-0.3, -0.25) is 4.79 Å². The molecule has 0 spiro atoms. The first kappa shape index (κ1) is 18.5. The molecular weight excluding hydrogens is 280 g/mol. The normalized spacial score (nSPS) is 21.7. The minimum atomic E-state index is -0.474. The van der Waals surface area contributed by atoms with Gasteiger partial charge in [0.15, 0.2) is 0 Å². The summed E-state index contributed by atoms with van der Waals surface area (Å²) in [6, 6.07) is 0.387. The van der Waals surface area contributed by atoms with Crippen molar-refractivity contribution in [2.24, 2.45) is 0 Å². The fraction of sp³-hybridized carbons (Fsp3) is 0.765. The van der Waals surface area contributed by atoms with E-state index in [4.69, 9.17) is 4.74 Å². The number of ether oxygens (including phenoxy) is 1. The van der Waals surface area contributed by atoms with Crippen LogP contribution in [0.25, 0.3) is 0 Å². The molecule has 2 amide bonds. The van der Waals surface area contributed by atoms with E-state index in [2.05, 4.69) is 5.32 Å². The molecule has 0 bridgehead atoms. The van der Waals surface area contributed by atoms with Gasteiger partial charge in [-0.15, -0.1) is 0 Å². The molecule has 0 atom stereocenters. The van der Waals surface area contributed by atoms with Gasteiger partial charge in [0.2, 0.25) is 5.91 Å². The topological polar surface area (TPSA) is 58.6 Å². The number of carbonyl (C=O) groups is 2. The van der Waals surface area contributed by atoms with E-state index in [0.29, 0.717) is 0 Å². The molecule has 0 radical (unpaired) electrons. The van der Waals surface area contributed by atoms with Crippen molar-refractivity contribution in [2.75, 3.05) is 7.05 Å². The van der Waals surface area contributed by atoms with E-state index in [1.54, 1.807) is 6.08 Å². The van der Waals surface area contributed by atoms with Crippen LogP contribution in [0.3, 0.4) is 0 Å². The quantitative estimate of drug-likeness (QED) is 0.814. The molecule has 1 N–H and O–H groups in total. The largest absolute Gasteiger partial charge is 0.444 e. The van der Waals surface area contributed by atoms with Gasteiger partial charge in [0.25, 0.3) is 0 Å². The number of nitrogens with zero attached hydrogens (tertiary/aromatic N) is 1. The minimum Gasteiger partial charge on any atom is -0.444 e. The smallest absolute Gasteiger partial charge is 0.407 e. The Balaban J connectivity index is 2.42. The summed E-state index contributed by atoms with van der Waals surface area (Å²) >= 11 is 0. The first-order chi connectivity index (χ1) is 10.1. The van der Waals surface area contributed by atoms with E-state index in [9.17, 15) is 9.59 Å². The van der Waals surface area contributed by atoms with Crippen LogP contribution in [-0.2, 0) is 9.53 Å². The molecule has 1 aliphatic rings. The zero-order valence-electron chi connectivity index (χ0n) is 14.7. The molecule has 126 valence electrons. The molecule has 0 aromatic heterocycles. The van der Waals surface area contributed by atoms with Crippen LogP contribution in [0.5, 0.6) is 0 Å². The van der Waals surface area contributed by atoms with Gasteiger partial charge >= 0.3 is 6.09 Å². The molecule has 1 saturated carbocycles. The van der Waals surface area contributed by atoms with Gasteiger partial charge in [-0.1, -0.05) is 5.57 Å². The number of hydrogen-bond acceptors (Lipinski definition) is 3. The van der Waals surface area contributed by atoms with Crippen molar-refractivity contribution in [1.82, 2.24) is 10.2 Å². The number of hydrogen-bond donors (Lipinski definition) is 1. The second-order valence-electron chi connectivity index (χ2n) is 7.32. The van der Waals surface area contributed by atoms with Gasteiger partial charge < -0.3 is 15.0 Å². The zero-order valence-corrected chi connectivity index (χ0v) is 14.7. The highest BCUT2D eigenvalue weighted by Crippen LogP contribution is 2.23. The molecule has 5 heteroatoms. The van der Waals surface area contributed by atoms with E-state index in [0.717, 1.165) is 31.3 Å². The highest BCUT2D eigenvalue weighted by molar-refractivity contribution is 5.88. The minimum absolute atomic E-state index is 0.0588. The van der Waals surface area contributed by atoms with Gasteiger partial charge in [-0.05, 0) is 60.3 Å². The standard InChI is InChI=1S/C17H30N2O3/c1-12(2)11-15(20)19(6)14-9-7-13(8-10-14)18-16(21)22-17(3,4)5/h11,13-14H,7-10H2,1-6H3,(H,18,21). The first-order valence-corrected chi connectivity index (χ1v) is 7.99. The molecule has 1 rings (SSSR count). The van der Waals surface area contributed by atoms with Gasteiger partial charge in [0.05, 0.1) is 0 Å². The lowest BCUT2D eigenvalue weighted by Gasteiger charge is -2.34. The van der Waals surface area contributed by atoms with Crippen molar-refractivity contribution >= 4 is 12.0 Å². The third-order valence-electron chi connectivity index (χ3n) is 3.73. The van der Waals surface area contributed by atoms with Crippen LogP contribution in [0.15, 0.2) is 11.6 Å². The Morgan fingerprint density at radius 1 is 1.14 bits per heavy atom. The van der Waals surface area contributed by atoms with Crippen LogP contribution in [0, 0.1) is 0 Å². The van der Waals surface area contributed by atoms with Crippen LogP contribution in [0.2, 0.25) is 0 Å². The molecule has 0 aromatic carbocycles. The maximum absolute atomic E-state index is 12.0. The average Bonchev–Trinajstić information content (AvgIpc) is 2.35. The zero-order chi connectivity index (χ0) is 16.9. The van der Waals surface area contributed by atoms with Crippen molar-refractivity contribution in [3.63, 3.8) is 0 Å². The van der Waals surface area contributed by atoms with E-state index in [-0.39, 0.29) is 24.1 Å². The summed E-state index contributed by atoms with van der Waals surface area (Å²) in [5.41, 5.74) is 0.537. The fourth-order valence-electron chi connectivity index (χ4n) is 2.61. The lowest BCUT2D eigenvalue weighted by molar-refractivity contribution is -0.127. The second-order valence-corrected chi connectivity index (χ2v) is 7.32. The molecule has 22 heavy (non-hydrogen) atoms. The lowest BCUT2D eigenvalue weighted by Crippen LogP contribution is -2.45. The summed E-state index contributed by atoms with van der Waals surface area (Å²) in [6.07, 6.45) is 4.86. The van der Waals surface area contributed by atoms with Gasteiger partial charge in [0, 0.05) is 25.2 Å². The highest BCUT2D eigenvalue weighted by atomic mass is 16.6. The molecule has 5 nitrogen and oxygen atoms in total. The van der Waals surface area contributed by atoms with Gasteiger partial charge in [-0.25, -0.2) is 4.79 Å². The predicted octanol–water partition coefficient (Wildman–Crippen LogP) is 3.25. The molecular formula is C17H30N2O3. The van der Waals surface area contributed by atoms with Gasteiger partial charge in [0.1, 0.15) is 5.60 Å². The molecule has 0 aliphatic heterocycles. The van der Waals surface area contributed by atoms with Crippen LogP contribution in [0.1, 0.15) is 60.3 Å². The van der Waals surface area contributed by atoms with E-state index >= 15 is 0 Å². The molecule has 0 aromatic rings. The third kappa shape index (κ3) is 6.50. The maximum Gasteiger partial charge on any atom is 0.407 e. The Morgan fingerprint density at radius 3 is 2.14 bits per heavy atom. The number of likely N-dealkylation sites (N-methyl/N-ethyl adjacent to an activating group) is 1. The number of carbonyl (C=O) groups excluding carboxylic acids is 2. The van der Waals surface area contributed by atoms with Crippen LogP contribution >= 0.6 is 0 Å². The summed E-state index contributed by atoms with van der Waals surface area (Å²) in [6.45, 7) is 9.41. The van der Waals surface area contributed by atoms with E-state index in [1.807, 2.05) is 46.6 Å². The van der Waals surface area contributed by atoms with Crippen molar-refractivity contribution in [2.45, 2.75) is 78.0 Å². The Kier molecular flexibility index (Phi) is 6.45. The molecule has 1 aliphatic carbocycles. The predicted molar refractivity (Wildman–Crippen MR) is 87.6 cm³/mol. The van der Waals surface area contributed by atoms with Crippen molar-refractivity contribution in [3.05, 3.63) is 11.6 Å². The monoisotopic (exact) mass is 310 g/mol. The Bertz CT molecular complexity index is 426. The van der Waals surface area contributed by atoms with Crippen molar-refractivity contribution < 1.29 is 14.3 Å². The fourth-order valence-corrected chi connectivity index (χ4v) is 2.61. The molecule has 1 fully saturated rings. The summed E-state index contributed by atoms with van der Waals surface area (Å²) in [4.78, 5) is 25.6. The number of allylic oxidation sites excluding steroid dienone is 1. The summed E-state index contributed by atoms with van der Waals surface area (Å²) in [5.74, 6) is 0.0588.